The van der Waals surface area contributed by atoms with Crippen molar-refractivity contribution < 1.29 is 9.94 Å². The van der Waals surface area contributed by atoms with Gasteiger partial charge in [0.15, 0.2) is 0 Å². The molecule has 2 aromatic carbocycles. The van der Waals surface area contributed by atoms with Crippen molar-refractivity contribution in [1.82, 2.24) is 0 Å². The molecule has 0 aliphatic rings. The third kappa shape index (κ3) is 3.05. The van der Waals surface area contributed by atoms with Gasteiger partial charge in [-0.1, -0.05) is 35.1 Å². The van der Waals surface area contributed by atoms with Gasteiger partial charge in [0, 0.05) is 15.4 Å². The summed E-state index contributed by atoms with van der Waals surface area (Å²) < 4.78 is 5.12. The van der Waals surface area contributed by atoms with Gasteiger partial charge in [-0.15, -0.1) is 0 Å². The van der Waals surface area contributed by atoms with E-state index in [4.69, 9.17) is 9.94 Å². The van der Waals surface area contributed by atoms with Crippen LogP contribution in [0.2, 0.25) is 0 Å². The summed E-state index contributed by atoms with van der Waals surface area (Å²) in [6, 6.07) is 15.6. The molecule has 0 aromatic heterocycles. The number of nitrogens with zero attached hydrogens (tertiary/aromatic N) is 1. The maximum absolute atomic E-state index is 8.62. The van der Waals surface area contributed by atoms with Gasteiger partial charge in [-0.05, 0) is 30.3 Å². The minimum Gasteiger partial charge on any atom is -0.497 e. The lowest BCUT2D eigenvalue weighted by atomic mass is 10.2. The lowest BCUT2D eigenvalue weighted by Gasteiger charge is -2.05. The monoisotopic (exact) mass is 259 g/mol. The normalized spacial score (nSPS) is 10.7. The zero-order valence-electron chi connectivity index (χ0n) is 9.91. The molecule has 2 aromatic rings. The predicted molar refractivity (Wildman–Crippen MR) is 72.9 cm³/mol. The maximum Gasteiger partial charge on any atom is 0.118 e. The molecule has 1 N–H and O–H groups in total. The average molecular weight is 259 g/mol. The highest BCUT2D eigenvalue weighted by Gasteiger charge is 2.02. The first-order valence-corrected chi connectivity index (χ1v) is 6.23. The van der Waals surface area contributed by atoms with Gasteiger partial charge in [0.25, 0.3) is 0 Å². The molecule has 3 nitrogen and oxygen atoms in total. The summed E-state index contributed by atoms with van der Waals surface area (Å²) in [6.45, 7) is 0. The van der Waals surface area contributed by atoms with Gasteiger partial charge in [-0.2, -0.15) is 0 Å². The fourth-order valence-corrected chi connectivity index (χ4v) is 2.42. The third-order valence-corrected chi connectivity index (χ3v) is 3.50. The van der Waals surface area contributed by atoms with E-state index in [-0.39, 0.29) is 0 Å². The van der Waals surface area contributed by atoms with Crippen LogP contribution in [0.4, 0.5) is 0 Å². The summed E-state index contributed by atoms with van der Waals surface area (Å²) in [5.41, 5.74) is 0.890. The van der Waals surface area contributed by atoms with Crippen LogP contribution in [0.15, 0.2) is 63.5 Å². The molecule has 0 spiro atoms. The van der Waals surface area contributed by atoms with Gasteiger partial charge in [-0.3, -0.25) is 0 Å². The van der Waals surface area contributed by atoms with Gasteiger partial charge in [-0.25, -0.2) is 0 Å². The van der Waals surface area contributed by atoms with E-state index in [1.807, 2.05) is 48.5 Å². The van der Waals surface area contributed by atoms with Crippen LogP contribution in [-0.4, -0.2) is 18.5 Å². The van der Waals surface area contributed by atoms with Crippen LogP contribution < -0.4 is 4.74 Å². The Morgan fingerprint density at radius 1 is 1.11 bits per heavy atom. The quantitative estimate of drug-likeness (QED) is 0.517. The third-order valence-electron chi connectivity index (χ3n) is 2.40. The lowest BCUT2D eigenvalue weighted by molar-refractivity contribution is 0.322. The number of benzene rings is 2. The molecule has 0 aliphatic carbocycles. The summed E-state index contributed by atoms with van der Waals surface area (Å²) >= 11 is 1.62. The zero-order chi connectivity index (χ0) is 12.8. The van der Waals surface area contributed by atoms with Crippen molar-refractivity contribution in [2.24, 2.45) is 5.16 Å². The van der Waals surface area contributed by atoms with E-state index in [0.29, 0.717) is 0 Å². The van der Waals surface area contributed by atoms with Gasteiger partial charge in [0.2, 0.25) is 0 Å². The number of methoxy groups -OCH3 is 1. The molecule has 0 saturated heterocycles. The number of hydrogen-bond acceptors (Lipinski definition) is 4. The first-order chi connectivity index (χ1) is 8.83. The second-order valence-corrected chi connectivity index (χ2v) is 4.68. The minimum atomic E-state index is 0.838. The molecule has 4 heteroatoms. The summed E-state index contributed by atoms with van der Waals surface area (Å²) in [6.07, 6.45) is 1.44. The highest BCUT2D eigenvalue weighted by Crippen LogP contribution is 2.30. The smallest absolute Gasteiger partial charge is 0.118 e. The fraction of sp³-hybridized carbons (Fsp3) is 0.0714. The van der Waals surface area contributed by atoms with Crippen molar-refractivity contribution in [2.45, 2.75) is 9.79 Å². The highest BCUT2D eigenvalue weighted by atomic mass is 32.2. The zero-order valence-corrected chi connectivity index (χ0v) is 10.7. The van der Waals surface area contributed by atoms with Gasteiger partial charge in [0.05, 0.1) is 13.3 Å². The Bertz CT molecular complexity index is 538. The molecule has 2 rings (SSSR count). The summed E-state index contributed by atoms with van der Waals surface area (Å²) in [5.74, 6) is 0.838. The first kappa shape index (κ1) is 12.5. The van der Waals surface area contributed by atoms with E-state index in [1.165, 1.54) is 6.21 Å². The predicted octanol–water partition coefficient (Wildman–Crippen LogP) is 3.65. The Hall–Kier alpha value is -1.94. The maximum atomic E-state index is 8.62. The van der Waals surface area contributed by atoms with Crippen molar-refractivity contribution in [2.75, 3.05) is 7.11 Å². The molecule has 0 atom stereocenters. The Labute approximate surface area is 110 Å². The standard InChI is InChI=1S/C14H13NO2S/c1-17-12-6-8-13(9-7-12)18-14-5-3-2-4-11(14)10-15-16/h2-10,16H,1H3/b15-10-. The molecule has 0 saturated carbocycles. The van der Waals surface area contributed by atoms with Crippen LogP contribution in [0.5, 0.6) is 5.75 Å². The van der Waals surface area contributed by atoms with Crippen LogP contribution in [-0.2, 0) is 0 Å². The van der Waals surface area contributed by atoms with Crippen LogP contribution in [0.1, 0.15) is 5.56 Å². The van der Waals surface area contributed by atoms with Gasteiger partial charge >= 0.3 is 0 Å². The van der Waals surface area contributed by atoms with E-state index in [2.05, 4.69) is 5.16 Å². The summed E-state index contributed by atoms with van der Waals surface area (Å²) in [5, 5.41) is 11.7. The van der Waals surface area contributed by atoms with Crippen LogP contribution in [0.3, 0.4) is 0 Å². The molecule has 0 aliphatic heterocycles. The number of oxime groups is 1. The molecule has 92 valence electrons. The van der Waals surface area contributed by atoms with E-state index < -0.39 is 0 Å². The largest absolute Gasteiger partial charge is 0.497 e. The molecule has 0 amide bonds. The fourth-order valence-electron chi connectivity index (χ4n) is 1.51. The van der Waals surface area contributed by atoms with Crippen molar-refractivity contribution in [3.05, 3.63) is 54.1 Å². The molecular weight excluding hydrogens is 246 g/mol. The SMILES string of the molecule is COc1ccc(Sc2ccccc2/C=N\O)cc1. The van der Waals surface area contributed by atoms with E-state index in [9.17, 15) is 0 Å². The Kier molecular flexibility index (Phi) is 4.25. The average Bonchev–Trinajstić information content (AvgIpc) is 2.42. The Balaban J connectivity index is 2.22. The summed E-state index contributed by atoms with van der Waals surface area (Å²) in [4.78, 5) is 2.15. The van der Waals surface area contributed by atoms with Crippen LogP contribution >= 0.6 is 11.8 Å². The Morgan fingerprint density at radius 3 is 2.50 bits per heavy atom. The number of hydrogen-bond donors (Lipinski definition) is 1. The lowest BCUT2D eigenvalue weighted by Crippen LogP contribution is -1.86. The van der Waals surface area contributed by atoms with E-state index in [0.717, 1.165) is 21.1 Å². The second-order valence-electron chi connectivity index (χ2n) is 3.56. The molecule has 18 heavy (non-hydrogen) atoms. The van der Waals surface area contributed by atoms with Crippen LogP contribution in [0.25, 0.3) is 0 Å². The molecule has 0 heterocycles. The molecule has 0 unspecified atom stereocenters. The second kappa shape index (κ2) is 6.12. The topological polar surface area (TPSA) is 41.8 Å². The molecule has 0 fully saturated rings. The number of ether oxygens (including phenoxy) is 1. The Morgan fingerprint density at radius 2 is 1.83 bits per heavy atom. The summed E-state index contributed by atoms with van der Waals surface area (Å²) in [7, 11) is 1.65. The minimum absolute atomic E-state index is 0.838. The van der Waals surface area contributed by atoms with E-state index >= 15 is 0 Å². The molecule has 0 bridgehead atoms. The van der Waals surface area contributed by atoms with E-state index in [1.54, 1.807) is 18.9 Å². The van der Waals surface area contributed by atoms with Crippen molar-refractivity contribution in [1.29, 1.82) is 0 Å². The molecule has 0 radical (unpaired) electrons. The van der Waals surface area contributed by atoms with Gasteiger partial charge < -0.3 is 9.94 Å². The number of rotatable bonds is 4. The first-order valence-electron chi connectivity index (χ1n) is 5.42. The van der Waals surface area contributed by atoms with Crippen molar-refractivity contribution in [3.63, 3.8) is 0 Å². The van der Waals surface area contributed by atoms with Crippen molar-refractivity contribution in [3.8, 4) is 5.75 Å². The molecular formula is C14H13NO2S. The van der Waals surface area contributed by atoms with Gasteiger partial charge in [0.1, 0.15) is 5.75 Å². The van der Waals surface area contributed by atoms with Crippen molar-refractivity contribution >= 4 is 18.0 Å². The van der Waals surface area contributed by atoms with Crippen LogP contribution in [0, 0.1) is 0 Å². The highest BCUT2D eigenvalue weighted by molar-refractivity contribution is 7.99.